The number of pyridine rings is 1. The Morgan fingerprint density at radius 3 is 2.69 bits per heavy atom. The molecule has 1 rings (SSSR count). The zero-order chi connectivity index (χ0) is 10.0. The van der Waals surface area contributed by atoms with E-state index in [0.717, 1.165) is 0 Å². The zero-order valence-corrected chi connectivity index (χ0v) is 7.23. The lowest BCUT2D eigenvalue weighted by Crippen LogP contribution is -2.13. The molecule has 0 spiro atoms. The Balaban J connectivity index is 3.32. The van der Waals surface area contributed by atoms with E-state index in [4.69, 9.17) is 15.9 Å². The summed E-state index contributed by atoms with van der Waals surface area (Å²) in [7, 11) is 0. The van der Waals surface area contributed by atoms with Crippen molar-refractivity contribution in [2.45, 2.75) is 19.8 Å². The molecule has 13 heavy (non-hydrogen) atoms. The first-order valence-corrected chi connectivity index (χ1v) is 3.79. The molecule has 0 amide bonds. The third-order valence-electron chi connectivity index (χ3n) is 1.82. The first-order valence-electron chi connectivity index (χ1n) is 3.79. The van der Waals surface area contributed by atoms with E-state index in [1.165, 1.54) is 6.20 Å². The van der Waals surface area contributed by atoms with Crippen LogP contribution in [0, 0.1) is 6.92 Å². The van der Waals surface area contributed by atoms with Gasteiger partial charge in [-0.1, -0.05) is 0 Å². The van der Waals surface area contributed by atoms with Crippen LogP contribution in [0.5, 0.6) is 5.75 Å². The minimum absolute atomic E-state index is 0.134. The predicted octanol–water partition coefficient (Wildman–Crippen LogP) is -0.462. The van der Waals surface area contributed by atoms with E-state index in [-0.39, 0.29) is 17.9 Å². The van der Waals surface area contributed by atoms with Gasteiger partial charge in [0.2, 0.25) is 0 Å². The van der Waals surface area contributed by atoms with Crippen LogP contribution in [-0.4, -0.2) is 20.3 Å². The average molecular weight is 184 g/mol. The summed E-state index contributed by atoms with van der Waals surface area (Å²) in [5.41, 5.74) is 6.05. The van der Waals surface area contributed by atoms with Crippen molar-refractivity contribution in [2.75, 3.05) is 0 Å². The highest BCUT2D eigenvalue weighted by atomic mass is 16.3. The molecule has 0 saturated carbocycles. The molecule has 1 atom stereocenters. The van der Waals surface area contributed by atoms with Gasteiger partial charge in [0.25, 0.3) is 0 Å². The van der Waals surface area contributed by atoms with E-state index in [1.807, 2.05) is 0 Å². The normalized spacial score (nSPS) is 12.9. The van der Waals surface area contributed by atoms with Crippen molar-refractivity contribution in [3.63, 3.8) is 0 Å². The summed E-state index contributed by atoms with van der Waals surface area (Å²) < 4.78 is 0. The molecule has 72 valence electrons. The van der Waals surface area contributed by atoms with Crippen molar-refractivity contribution >= 4 is 0 Å². The largest absolute Gasteiger partial charge is 0.506 e. The maximum absolute atomic E-state index is 9.47. The minimum atomic E-state index is -1.30. The molecule has 5 heteroatoms. The first kappa shape index (κ1) is 9.91. The van der Waals surface area contributed by atoms with Crippen molar-refractivity contribution < 1.29 is 15.3 Å². The van der Waals surface area contributed by atoms with Crippen LogP contribution in [0.25, 0.3) is 0 Å². The Morgan fingerprint density at radius 1 is 1.62 bits per heavy atom. The lowest BCUT2D eigenvalue weighted by atomic mass is 10.1. The van der Waals surface area contributed by atoms with E-state index >= 15 is 0 Å². The number of nitrogens with zero attached hydrogens (tertiary/aromatic N) is 1. The van der Waals surface area contributed by atoms with E-state index in [9.17, 15) is 5.11 Å². The molecule has 1 heterocycles. The molecular weight excluding hydrogens is 172 g/mol. The molecule has 1 unspecified atom stereocenters. The number of rotatable bonds is 2. The number of aliphatic hydroxyl groups excluding tert-OH is 2. The van der Waals surface area contributed by atoms with Crippen LogP contribution in [0.4, 0.5) is 0 Å². The molecule has 0 aliphatic carbocycles. The highest BCUT2D eigenvalue weighted by Gasteiger charge is 2.15. The number of aromatic hydroxyl groups is 1. The summed E-state index contributed by atoms with van der Waals surface area (Å²) in [6.07, 6.45) is 0.0735. The van der Waals surface area contributed by atoms with Gasteiger partial charge in [-0.15, -0.1) is 0 Å². The van der Waals surface area contributed by atoms with Crippen LogP contribution in [0.15, 0.2) is 6.20 Å². The van der Waals surface area contributed by atoms with Gasteiger partial charge in [0.15, 0.2) is 0 Å². The highest BCUT2D eigenvalue weighted by Crippen LogP contribution is 2.27. The fourth-order valence-electron chi connectivity index (χ4n) is 1.11. The molecule has 1 aromatic rings. The second-order valence-corrected chi connectivity index (χ2v) is 2.73. The van der Waals surface area contributed by atoms with Gasteiger partial charge in [-0.2, -0.15) is 0 Å². The van der Waals surface area contributed by atoms with Crippen LogP contribution < -0.4 is 5.73 Å². The fourth-order valence-corrected chi connectivity index (χ4v) is 1.11. The van der Waals surface area contributed by atoms with Crippen LogP contribution in [0.1, 0.15) is 23.0 Å². The van der Waals surface area contributed by atoms with Crippen molar-refractivity contribution in [3.05, 3.63) is 23.0 Å². The predicted molar refractivity (Wildman–Crippen MR) is 45.7 cm³/mol. The van der Waals surface area contributed by atoms with Gasteiger partial charge < -0.3 is 21.1 Å². The lowest BCUT2D eigenvalue weighted by molar-refractivity contribution is 0.176. The monoisotopic (exact) mass is 184 g/mol. The van der Waals surface area contributed by atoms with E-state index in [0.29, 0.717) is 11.3 Å². The van der Waals surface area contributed by atoms with E-state index in [2.05, 4.69) is 4.98 Å². The summed E-state index contributed by atoms with van der Waals surface area (Å²) >= 11 is 0. The molecule has 0 saturated heterocycles. The highest BCUT2D eigenvalue weighted by molar-refractivity contribution is 5.41. The maximum Gasteiger partial charge on any atom is 0.144 e. The number of aromatic nitrogens is 1. The summed E-state index contributed by atoms with van der Waals surface area (Å²) in [4.78, 5) is 3.82. The average Bonchev–Trinajstić information content (AvgIpc) is 2.08. The molecule has 5 N–H and O–H groups in total. The zero-order valence-electron chi connectivity index (χ0n) is 7.23. The second kappa shape index (κ2) is 3.69. The van der Waals surface area contributed by atoms with Gasteiger partial charge in [-0.3, -0.25) is 4.98 Å². The molecule has 5 nitrogen and oxygen atoms in total. The maximum atomic E-state index is 9.47. The summed E-state index contributed by atoms with van der Waals surface area (Å²) in [5.74, 6) is -0.165. The number of aliphatic hydroxyl groups is 2. The van der Waals surface area contributed by atoms with Gasteiger partial charge in [0.05, 0.1) is 12.3 Å². The van der Waals surface area contributed by atoms with Gasteiger partial charge in [0, 0.05) is 17.3 Å². The lowest BCUT2D eigenvalue weighted by Gasteiger charge is -2.12. The quantitative estimate of drug-likeness (QED) is 0.466. The third kappa shape index (κ3) is 1.77. The smallest absolute Gasteiger partial charge is 0.144 e. The Bertz CT molecular complexity index is 313. The van der Waals surface area contributed by atoms with Gasteiger partial charge in [-0.25, -0.2) is 0 Å². The number of aryl methyl sites for hydroxylation is 1. The fraction of sp³-hybridized carbons (Fsp3) is 0.375. The summed E-state index contributed by atoms with van der Waals surface area (Å²) in [6.45, 7) is 1.27. The van der Waals surface area contributed by atoms with Gasteiger partial charge in [-0.05, 0) is 6.92 Å². The Labute approximate surface area is 75.5 Å². The molecule has 0 aromatic carbocycles. The van der Waals surface area contributed by atoms with Crippen LogP contribution in [-0.2, 0) is 6.61 Å². The number of hydrogen-bond donors (Lipinski definition) is 4. The van der Waals surface area contributed by atoms with Crippen molar-refractivity contribution in [1.29, 1.82) is 0 Å². The standard InChI is InChI=1S/C8H12N2O3/c1-4-7(12)6(8(9)13)5(3-11)2-10-4/h2,8,11-13H,3,9H2,1H3. The van der Waals surface area contributed by atoms with Crippen molar-refractivity contribution in [3.8, 4) is 5.75 Å². The number of nitrogens with two attached hydrogens (primary N) is 1. The molecule has 0 aliphatic rings. The minimum Gasteiger partial charge on any atom is -0.506 e. The van der Waals surface area contributed by atoms with Crippen LogP contribution in [0.3, 0.4) is 0 Å². The molecule has 0 radical (unpaired) electrons. The number of hydrogen-bond acceptors (Lipinski definition) is 5. The van der Waals surface area contributed by atoms with E-state index in [1.54, 1.807) is 6.92 Å². The molecular formula is C8H12N2O3. The molecule has 0 aliphatic heterocycles. The molecule has 0 fully saturated rings. The summed E-state index contributed by atoms with van der Waals surface area (Å²) in [5, 5.41) is 27.5. The third-order valence-corrected chi connectivity index (χ3v) is 1.82. The SMILES string of the molecule is Cc1ncc(CO)c(C(N)O)c1O. The van der Waals surface area contributed by atoms with Crippen molar-refractivity contribution in [1.82, 2.24) is 4.98 Å². The Kier molecular flexibility index (Phi) is 2.82. The molecule has 1 aromatic heterocycles. The summed E-state index contributed by atoms with van der Waals surface area (Å²) in [6, 6.07) is 0. The van der Waals surface area contributed by atoms with E-state index < -0.39 is 6.23 Å². The van der Waals surface area contributed by atoms with Crippen molar-refractivity contribution in [2.24, 2.45) is 5.73 Å². The van der Waals surface area contributed by atoms with Crippen LogP contribution in [0.2, 0.25) is 0 Å². The Morgan fingerprint density at radius 2 is 2.23 bits per heavy atom. The topological polar surface area (TPSA) is 99.6 Å². The van der Waals surface area contributed by atoms with Gasteiger partial charge in [0.1, 0.15) is 12.0 Å². The first-order chi connectivity index (χ1) is 6.07. The second-order valence-electron chi connectivity index (χ2n) is 2.73. The molecule has 0 bridgehead atoms. The van der Waals surface area contributed by atoms with Crippen LogP contribution >= 0.6 is 0 Å². The Hall–Kier alpha value is -1.17. The van der Waals surface area contributed by atoms with Gasteiger partial charge >= 0.3 is 0 Å².